The summed E-state index contributed by atoms with van der Waals surface area (Å²) in [6.07, 6.45) is 66.8. The number of esters is 3. The minimum atomic E-state index is -0.766. The van der Waals surface area contributed by atoms with Crippen LogP contribution in [0.2, 0.25) is 0 Å². The van der Waals surface area contributed by atoms with Crippen LogP contribution in [0.3, 0.4) is 0 Å². The van der Waals surface area contributed by atoms with E-state index in [0.29, 0.717) is 19.3 Å². The molecule has 0 radical (unpaired) electrons. The lowest BCUT2D eigenvalue weighted by atomic mass is 10.0. The number of unbranched alkanes of at least 4 members (excludes halogenated alkanes) is 29. The quantitative estimate of drug-likeness (QED) is 0.0262. The van der Waals surface area contributed by atoms with Crippen molar-refractivity contribution in [3.63, 3.8) is 0 Å². The van der Waals surface area contributed by atoms with E-state index in [1.54, 1.807) is 0 Å². The van der Waals surface area contributed by atoms with Gasteiger partial charge in [-0.3, -0.25) is 14.4 Å². The van der Waals surface area contributed by atoms with Crippen LogP contribution in [0, 0.1) is 0 Å². The first-order chi connectivity index (χ1) is 32.0. The SMILES string of the molecule is CC/C=C\C/C=C\C/C=C\C/C=C\C/C=C\CCCCCCCCCCCCCCCC(=O)OCC(COC(=O)CCCCCCCC)OC(=O)CCCCCCCCCCCCCC. The maximum Gasteiger partial charge on any atom is 0.306 e. The van der Waals surface area contributed by atoms with Crippen molar-refractivity contribution in [2.45, 2.75) is 284 Å². The smallest absolute Gasteiger partial charge is 0.306 e. The van der Waals surface area contributed by atoms with Gasteiger partial charge in [0.05, 0.1) is 0 Å². The fourth-order valence-corrected chi connectivity index (χ4v) is 7.88. The molecule has 0 aliphatic heterocycles. The minimum absolute atomic E-state index is 0.0709. The molecule has 6 nitrogen and oxygen atoms in total. The van der Waals surface area contributed by atoms with Crippen LogP contribution in [0.25, 0.3) is 0 Å². The number of hydrogen-bond donors (Lipinski definition) is 0. The summed E-state index contributed by atoms with van der Waals surface area (Å²) >= 11 is 0. The van der Waals surface area contributed by atoms with E-state index in [-0.39, 0.29) is 31.1 Å². The zero-order valence-corrected chi connectivity index (χ0v) is 43.0. The Balaban J connectivity index is 4.02. The Morgan fingerprint density at radius 1 is 0.323 bits per heavy atom. The van der Waals surface area contributed by atoms with Gasteiger partial charge in [0.1, 0.15) is 13.2 Å². The molecule has 0 N–H and O–H groups in total. The molecule has 0 aromatic heterocycles. The van der Waals surface area contributed by atoms with E-state index >= 15 is 0 Å². The van der Waals surface area contributed by atoms with Crippen LogP contribution in [0.15, 0.2) is 60.8 Å². The standard InChI is InChI=1S/C59H104O6/c1-4-7-10-13-16-18-20-22-23-24-25-26-27-28-29-30-31-32-33-34-35-36-37-38-40-41-43-46-49-52-58(61)64-55-56(54-63-57(60)51-48-45-15-12-9-6-3)65-59(62)53-50-47-44-42-39-21-19-17-14-11-8-5-2/h7,10,16,18,22-23,25-26,28-29,56H,4-6,8-9,11-15,17,19-21,24,27,30-55H2,1-3H3/b10-7-,18-16-,23-22-,26-25-,29-28-. The van der Waals surface area contributed by atoms with Gasteiger partial charge in [0.25, 0.3) is 0 Å². The average Bonchev–Trinajstić information content (AvgIpc) is 3.30. The van der Waals surface area contributed by atoms with Crippen molar-refractivity contribution in [1.29, 1.82) is 0 Å². The van der Waals surface area contributed by atoms with Crippen molar-refractivity contribution < 1.29 is 28.6 Å². The summed E-state index contributed by atoms with van der Waals surface area (Å²) in [7, 11) is 0. The van der Waals surface area contributed by atoms with Crippen molar-refractivity contribution >= 4 is 17.9 Å². The molecule has 376 valence electrons. The molecule has 0 aliphatic rings. The number of carbonyl (C=O) groups is 3. The largest absolute Gasteiger partial charge is 0.462 e. The summed E-state index contributed by atoms with van der Waals surface area (Å²) in [6, 6.07) is 0. The highest BCUT2D eigenvalue weighted by Crippen LogP contribution is 2.16. The lowest BCUT2D eigenvalue weighted by Gasteiger charge is -2.18. The molecule has 1 atom stereocenters. The molecule has 0 heterocycles. The number of ether oxygens (including phenoxy) is 3. The first-order valence-electron chi connectivity index (χ1n) is 27.8. The van der Waals surface area contributed by atoms with E-state index in [4.69, 9.17) is 14.2 Å². The van der Waals surface area contributed by atoms with Crippen molar-refractivity contribution in [2.24, 2.45) is 0 Å². The second-order valence-corrected chi connectivity index (χ2v) is 18.5. The molecule has 65 heavy (non-hydrogen) atoms. The van der Waals surface area contributed by atoms with Crippen LogP contribution in [0.4, 0.5) is 0 Å². The Labute approximate surface area is 402 Å². The van der Waals surface area contributed by atoms with Crippen molar-refractivity contribution in [2.75, 3.05) is 13.2 Å². The fourth-order valence-electron chi connectivity index (χ4n) is 7.88. The lowest BCUT2D eigenvalue weighted by molar-refractivity contribution is -0.167. The van der Waals surface area contributed by atoms with Gasteiger partial charge in [-0.1, -0.05) is 255 Å². The molecule has 1 unspecified atom stereocenters. The molecule has 0 bridgehead atoms. The second-order valence-electron chi connectivity index (χ2n) is 18.5. The molecule has 0 spiro atoms. The Kier molecular flexibility index (Phi) is 51.3. The monoisotopic (exact) mass is 909 g/mol. The molecular weight excluding hydrogens is 805 g/mol. The van der Waals surface area contributed by atoms with E-state index < -0.39 is 6.10 Å². The number of hydrogen-bond acceptors (Lipinski definition) is 6. The van der Waals surface area contributed by atoms with Gasteiger partial charge in [0.15, 0.2) is 6.10 Å². The van der Waals surface area contributed by atoms with Gasteiger partial charge in [0, 0.05) is 19.3 Å². The summed E-state index contributed by atoms with van der Waals surface area (Å²) in [6.45, 7) is 6.48. The highest BCUT2D eigenvalue weighted by Gasteiger charge is 2.19. The normalized spacial score (nSPS) is 12.5. The predicted octanol–water partition coefficient (Wildman–Crippen LogP) is 18.4. The van der Waals surface area contributed by atoms with Gasteiger partial charge < -0.3 is 14.2 Å². The summed E-state index contributed by atoms with van der Waals surface area (Å²) in [4.78, 5) is 37.7. The molecule has 0 aliphatic carbocycles. The van der Waals surface area contributed by atoms with Crippen molar-refractivity contribution in [3.05, 3.63) is 60.8 Å². The Morgan fingerprint density at radius 3 is 0.938 bits per heavy atom. The molecule has 0 aromatic rings. The van der Waals surface area contributed by atoms with Crippen LogP contribution in [-0.4, -0.2) is 37.2 Å². The zero-order valence-electron chi connectivity index (χ0n) is 43.0. The van der Waals surface area contributed by atoms with Crippen molar-refractivity contribution in [3.8, 4) is 0 Å². The number of allylic oxidation sites excluding steroid dienone is 10. The first kappa shape index (κ1) is 62.1. The Hall–Kier alpha value is -2.89. The van der Waals surface area contributed by atoms with Crippen LogP contribution in [-0.2, 0) is 28.6 Å². The van der Waals surface area contributed by atoms with Crippen molar-refractivity contribution in [1.82, 2.24) is 0 Å². The second kappa shape index (κ2) is 53.7. The molecule has 0 amide bonds. The van der Waals surface area contributed by atoms with E-state index in [0.717, 1.165) is 89.9 Å². The maximum atomic E-state index is 12.7. The number of carbonyl (C=O) groups excluding carboxylic acids is 3. The Bertz CT molecular complexity index is 1180. The van der Waals surface area contributed by atoms with E-state index in [1.807, 2.05) is 0 Å². The fraction of sp³-hybridized carbons (Fsp3) is 0.780. The summed E-state index contributed by atoms with van der Waals surface area (Å²) in [5, 5.41) is 0. The minimum Gasteiger partial charge on any atom is -0.462 e. The molecule has 0 rings (SSSR count). The molecule has 0 aromatic carbocycles. The first-order valence-corrected chi connectivity index (χ1v) is 27.8. The number of rotatable bonds is 50. The highest BCUT2D eigenvalue weighted by atomic mass is 16.6. The van der Waals surface area contributed by atoms with Gasteiger partial charge in [-0.25, -0.2) is 0 Å². The third-order valence-corrected chi connectivity index (χ3v) is 12.0. The summed E-state index contributed by atoms with van der Waals surface area (Å²) < 4.78 is 16.7. The summed E-state index contributed by atoms with van der Waals surface area (Å²) in [5.74, 6) is -0.873. The third-order valence-electron chi connectivity index (χ3n) is 12.0. The van der Waals surface area contributed by atoms with Crippen LogP contribution >= 0.6 is 0 Å². The van der Waals surface area contributed by atoms with Gasteiger partial charge in [-0.05, 0) is 64.2 Å². The van der Waals surface area contributed by atoms with Crippen LogP contribution in [0.1, 0.15) is 278 Å². The van der Waals surface area contributed by atoms with Crippen LogP contribution < -0.4 is 0 Å². The summed E-state index contributed by atoms with van der Waals surface area (Å²) in [5.41, 5.74) is 0. The van der Waals surface area contributed by atoms with E-state index in [2.05, 4.69) is 81.5 Å². The van der Waals surface area contributed by atoms with E-state index in [1.165, 1.54) is 148 Å². The zero-order chi connectivity index (χ0) is 47.2. The van der Waals surface area contributed by atoms with Crippen LogP contribution in [0.5, 0.6) is 0 Å². The highest BCUT2D eigenvalue weighted by molar-refractivity contribution is 5.71. The molecule has 6 heteroatoms. The maximum absolute atomic E-state index is 12.7. The third kappa shape index (κ3) is 51.9. The average molecular weight is 909 g/mol. The van der Waals surface area contributed by atoms with E-state index in [9.17, 15) is 14.4 Å². The van der Waals surface area contributed by atoms with Gasteiger partial charge in [0.2, 0.25) is 0 Å². The van der Waals surface area contributed by atoms with Gasteiger partial charge in [-0.2, -0.15) is 0 Å². The Morgan fingerprint density at radius 2 is 0.600 bits per heavy atom. The topological polar surface area (TPSA) is 78.9 Å². The molecule has 0 saturated carbocycles. The van der Waals surface area contributed by atoms with Gasteiger partial charge >= 0.3 is 17.9 Å². The molecule has 0 fully saturated rings. The molecular formula is C59H104O6. The lowest BCUT2D eigenvalue weighted by Crippen LogP contribution is -2.30. The molecule has 0 saturated heterocycles. The predicted molar refractivity (Wildman–Crippen MR) is 279 cm³/mol. The van der Waals surface area contributed by atoms with Gasteiger partial charge in [-0.15, -0.1) is 0 Å².